The third-order valence-corrected chi connectivity index (χ3v) is 10.6. The topological polar surface area (TPSA) is 141 Å². The molecule has 0 aliphatic carbocycles. The van der Waals surface area contributed by atoms with Crippen LogP contribution >= 0.6 is 0 Å². The van der Waals surface area contributed by atoms with Crippen molar-refractivity contribution in [1.29, 1.82) is 5.26 Å². The average molecular weight is 432 g/mol. The van der Waals surface area contributed by atoms with Crippen molar-refractivity contribution in [3.63, 3.8) is 0 Å². The molecule has 1 N–H and O–H groups in total. The molecule has 12 heteroatoms. The first-order valence-corrected chi connectivity index (χ1v) is 13.3. The zero-order valence-corrected chi connectivity index (χ0v) is 16.5. The van der Waals surface area contributed by atoms with Gasteiger partial charge in [-0.15, -0.1) is 0 Å². The number of nitriles is 1. The molecule has 0 saturated carbocycles. The largest absolute Gasteiger partial charge is 0.306 e. The average Bonchev–Trinajstić information content (AvgIpc) is 3.04. The molecule has 4 atom stereocenters. The van der Waals surface area contributed by atoms with Gasteiger partial charge in [0.05, 0.1) is 51.6 Å². The maximum absolute atomic E-state index is 13.4. The minimum absolute atomic E-state index is 0.144. The molecule has 0 aromatic heterocycles. The molecule has 0 unspecified atom stereocenters. The Balaban J connectivity index is 1.84. The van der Waals surface area contributed by atoms with Gasteiger partial charge in [-0.05, 0) is 18.2 Å². The molecule has 4 rings (SSSR count). The van der Waals surface area contributed by atoms with E-state index in [0.29, 0.717) is 0 Å². The first-order chi connectivity index (χ1) is 12.5. The Bertz CT molecular complexity index is 1110. The van der Waals surface area contributed by atoms with Crippen LogP contribution in [0.25, 0.3) is 0 Å². The van der Waals surface area contributed by atoms with E-state index >= 15 is 0 Å². The molecule has 1 aromatic rings. The Morgan fingerprint density at radius 3 is 2.07 bits per heavy atom. The monoisotopic (exact) mass is 431 g/mol. The van der Waals surface area contributed by atoms with E-state index in [1.54, 1.807) is 0 Å². The molecule has 3 saturated heterocycles. The molecule has 0 radical (unpaired) electrons. The lowest BCUT2D eigenvalue weighted by atomic mass is 10.0. The van der Waals surface area contributed by atoms with Crippen molar-refractivity contribution in [1.82, 2.24) is 9.62 Å². The van der Waals surface area contributed by atoms with Crippen LogP contribution in [0.15, 0.2) is 29.2 Å². The van der Waals surface area contributed by atoms with Crippen LogP contribution in [0.2, 0.25) is 0 Å². The van der Waals surface area contributed by atoms with E-state index in [4.69, 9.17) is 5.26 Å². The molecule has 0 amide bonds. The van der Waals surface area contributed by atoms with Crippen molar-refractivity contribution >= 4 is 29.7 Å². The van der Waals surface area contributed by atoms with E-state index in [0.717, 1.165) is 4.31 Å². The second-order valence-corrected chi connectivity index (χ2v) is 13.3. The van der Waals surface area contributed by atoms with Gasteiger partial charge in [-0.2, -0.15) is 9.57 Å². The normalized spacial score (nSPS) is 34.5. The number of hydrogen-bond donors (Lipinski definition) is 1. The Morgan fingerprint density at radius 2 is 1.56 bits per heavy atom. The van der Waals surface area contributed by atoms with E-state index < -0.39 is 53.9 Å². The fourth-order valence-corrected chi connectivity index (χ4v) is 10.1. The number of sulfonamides is 1. The summed E-state index contributed by atoms with van der Waals surface area (Å²) in [5, 5.41) is 12.1. The van der Waals surface area contributed by atoms with Gasteiger partial charge in [-0.25, -0.2) is 25.3 Å². The Morgan fingerprint density at radius 1 is 1.00 bits per heavy atom. The molecule has 9 nitrogen and oxygen atoms in total. The van der Waals surface area contributed by atoms with Crippen LogP contribution < -0.4 is 5.32 Å². The van der Waals surface area contributed by atoms with Crippen LogP contribution in [-0.2, 0) is 29.7 Å². The van der Waals surface area contributed by atoms with Crippen LogP contribution in [0.1, 0.15) is 5.56 Å². The molecular formula is C15H17N3O6S3. The van der Waals surface area contributed by atoms with E-state index in [2.05, 4.69) is 5.32 Å². The Labute approximate surface area is 157 Å². The van der Waals surface area contributed by atoms with Gasteiger partial charge in [0, 0.05) is 12.1 Å². The van der Waals surface area contributed by atoms with Crippen LogP contribution in [0, 0.1) is 11.3 Å². The zero-order chi connectivity index (χ0) is 19.6. The lowest BCUT2D eigenvalue weighted by Gasteiger charge is -2.43. The summed E-state index contributed by atoms with van der Waals surface area (Å²) < 4.78 is 76.3. The smallest absolute Gasteiger partial charge is 0.243 e. The van der Waals surface area contributed by atoms with Crippen molar-refractivity contribution in [2.24, 2.45) is 0 Å². The lowest BCUT2D eigenvalue weighted by molar-refractivity contribution is 0.160. The van der Waals surface area contributed by atoms with E-state index in [1.165, 1.54) is 24.3 Å². The molecule has 146 valence electrons. The van der Waals surface area contributed by atoms with Crippen molar-refractivity contribution in [3.8, 4) is 6.07 Å². The summed E-state index contributed by atoms with van der Waals surface area (Å²) in [6, 6.07) is 4.25. The van der Waals surface area contributed by atoms with Gasteiger partial charge in [-0.3, -0.25) is 0 Å². The number of piperazine rings is 1. The quantitative estimate of drug-likeness (QED) is 0.595. The summed E-state index contributed by atoms with van der Waals surface area (Å²) in [7, 11) is -11.1. The standard InChI is InChI=1S/C15H17N3O6S3/c16-5-10-2-1-3-11(4-10)27(23,24)18-14-8-25(19,20)6-12(14)17-13-7-26(21,22)9-15(13)18/h1-4,12-15,17H,6-9H2/t12-,13-,14+,15+/m0/s1. The third kappa shape index (κ3) is 3.17. The molecule has 0 bridgehead atoms. The van der Waals surface area contributed by atoms with Crippen molar-refractivity contribution < 1.29 is 25.3 Å². The third-order valence-electron chi connectivity index (χ3n) is 5.27. The SMILES string of the molecule is N#Cc1cccc(S(=O)(=O)N2[C@@H]3CS(=O)(=O)C[C@@H]3N[C@H]3CS(=O)(=O)C[C@H]32)c1. The van der Waals surface area contributed by atoms with Gasteiger partial charge in [0.2, 0.25) is 10.0 Å². The molecule has 3 heterocycles. The summed E-state index contributed by atoms with van der Waals surface area (Å²) in [4.78, 5) is -0.144. The summed E-state index contributed by atoms with van der Waals surface area (Å²) in [6.07, 6.45) is 0. The molecule has 3 aliphatic heterocycles. The number of hydrogen-bond acceptors (Lipinski definition) is 8. The van der Waals surface area contributed by atoms with Crippen LogP contribution in [0.4, 0.5) is 0 Å². The van der Waals surface area contributed by atoms with Crippen molar-refractivity contribution in [2.45, 2.75) is 29.1 Å². The highest BCUT2D eigenvalue weighted by molar-refractivity contribution is 7.92. The van der Waals surface area contributed by atoms with Crippen LogP contribution in [0.3, 0.4) is 0 Å². The second kappa shape index (κ2) is 5.99. The highest BCUT2D eigenvalue weighted by atomic mass is 32.2. The number of sulfone groups is 2. The highest BCUT2D eigenvalue weighted by Crippen LogP contribution is 2.36. The predicted octanol–water partition coefficient (Wildman–Crippen LogP) is -1.52. The van der Waals surface area contributed by atoms with E-state index in [1.807, 2.05) is 6.07 Å². The first kappa shape index (κ1) is 18.8. The van der Waals surface area contributed by atoms with Crippen molar-refractivity contribution in [2.75, 3.05) is 23.0 Å². The first-order valence-electron chi connectivity index (χ1n) is 8.23. The van der Waals surface area contributed by atoms with E-state index in [-0.39, 0.29) is 33.5 Å². The zero-order valence-electron chi connectivity index (χ0n) is 14.0. The summed E-state index contributed by atoms with van der Waals surface area (Å²) in [5.74, 6) is -1.17. The highest BCUT2D eigenvalue weighted by Gasteiger charge is 2.57. The minimum atomic E-state index is -4.19. The van der Waals surface area contributed by atoms with Gasteiger partial charge >= 0.3 is 0 Å². The molecule has 3 fully saturated rings. The summed E-state index contributed by atoms with van der Waals surface area (Å²) in [5.41, 5.74) is 0.150. The number of fused-ring (bicyclic) bond motifs is 2. The minimum Gasteiger partial charge on any atom is -0.306 e. The Kier molecular flexibility index (Phi) is 4.17. The molecule has 0 spiro atoms. The summed E-state index contributed by atoms with van der Waals surface area (Å²) >= 11 is 0. The molecule has 1 aromatic carbocycles. The van der Waals surface area contributed by atoms with Gasteiger partial charge < -0.3 is 5.32 Å². The number of nitrogens with one attached hydrogen (secondary N) is 1. The van der Waals surface area contributed by atoms with Crippen LogP contribution in [-0.4, -0.2) is 76.7 Å². The van der Waals surface area contributed by atoms with Gasteiger partial charge in [-0.1, -0.05) is 6.07 Å². The van der Waals surface area contributed by atoms with Gasteiger partial charge in [0.1, 0.15) is 0 Å². The molecular weight excluding hydrogens is 414 g/mol. The number of nitrogens with zero attached hydrogens (tertiary/aromatic N) is 2. The van der Waals surface area contributed by atoms with Crippen LogP contribution in [0.5, 0.6) is 0 Å². The van der Waals surface area contributed by atoms with Gasteiger partial charge in [0.15, 0.2) is 19.7 Å². The number of benzene rings is 1. The molecule has 27 heavy (non-hydrogen) atoms. The fraction of sp³-hybridized carbons (Fsp3) is 0.533. The van der Waals surface area contributed by atoms with Gasteiger partial charge in [0.25, 0.3) is 0 Å². The number of rotatable bonds is 2. The predicted molar refractivity (Wildman–Crippen MR) is 95.8 cm³/mol. The summed E-state index contributed by atoms with van der Waals surface area (Å²) in [6.45, 7) is 0. The maximum atomic E-state index is 13.4. The fourth-order valence-electron chi connectivity index (χ4n) is 4.20. The lowest BCUT2D eigenvalue weighted by Crippen LogP contribution is -2.67. The second-order valence-electron chi connectivity index (χ2n) is 7.14. The van der Waals surface area contributed by atoms with E-state index in [9.17, 15) is 25.3 Å². The molecule has 3 aliphatic rings. The van der Waals surface area contributed by atoms with Crippen molar-refractivity contribution in [3.05, 3.63) is 29.8 Å². The Hall–Kier alpha value is -1.52. The maximum Gasteiger partial charge on any atom is 0.243 e.